The third kappa shape index (κ3) is 4.94. The molecule has 1 atom stereocenters. The van der Waals surface area contributed by atoms with Gasteiger partial charge in [0.2, 0.25) is 0 Å². The number of aromatic nitrogens is 3. The van der Waals surface area contributed by atoms with Gasteiger partial charge in [0.15, 0.2) is 16.5 Å². The third-order valence-corrected chi connectivity index (χ3v) is 8.87. The number of rotatable bonds is 10. The number of benzene rings is 3. The number of hydrogen-bond acceptors (Lipinski definition) is 9. The van der Waals surface area contributed by atoms with Crippen LogP contribution in [0.2, 0.25) is 10.2 Å². The number of hydrogen-bond donors (Lipinski definition) is 2. The number of ether oxygens (including phenoxy) is 2. The molecule has 226 valence electrons. The molecule has 3 heterocycles. The van der Waals surface area contributed by atoms with Gasteiger partial charge < -0.3 is 19.7 Å². The summed E-state index contributed by atoms with van der Waals surface area (Å²) >= 11 is 12.7. The molecule has 4 aromatic rings. The number of unbranched alkanes of at least 4 members (excludes halogenated alkanes) is 6. The maximum atomic E-state index is 14.4. The molecular formula is C33H29Cl2N3O6. The fraction of sp³-hybridized carbons (Fsp3) is 0.303. The molecule has 44 heavy (non-hydrogen) atoms. The van der Waals surface area contributed by atoms with Gasteiger partial charge in [-0.2, -0.15) is 0 Å². The molecule has 11 heteroatoms. The maximum Gasteiger partial charge on any atom is 0.340 e. The molecule has 0 saturated heterocycles. The fourth-order valence-electron chi connectivity index (χ4n) is 6.15. The van der Waals surface area contributed by atoms with E-state index in [4.69, 9.17) is 32.7 Å². The summed E-state index contributed by atoms with van der Waals surface area (Å²) in [5, 5.41) is 32.9. The Morgan fingerprint density at radius 2 is 1.66 bits per heavy atom. The number of carbonyl (C=O) groups is 2. The highest BCUT2D eigenvalue weighted by molar-refractivity contribution is 6.42. The monoisotopic (exact) mass is 633 g/mol. The molecule has 0 saturated carbocycles. The molecule has 0 aliphatic carbocycles. The lowest BCUT2D eigenvalue weighted by molar-refractivity contribution is 0.0220. The van der Waals surface area contributed by atoms with E-state index in [1.165, 1.54) is 24.6 Å². The molecule has 0 bridgehead atoms. The van der Waals surface area contributed by atoms with E-state index >= 15 is 0 Å². The highest BCUT2D eigenvalue weighted by Crippen LogP contribution is 2.60. The number of Topliss-reactive ketones (excluding diaryl/α,β-unsaturated/α-hetero) is 1. The maximum absolute atomic E-state index is 14.4. The summed E-state index contributed by atoms with van der Waals surface area (Å²) in [5.74, 6) is -1.12. The van der Waals surface area contributed by atoms with E-state index in [0.717, 1.165) is 32.1 Å². The Morgan fingerprint density at radius 1 is 0.909 bits per heavy atom. The van der Waals surface area contributed by atoms with Crippen molar-refractivity contribution < 1.29 is 29.3 Å². The SMILES string of the molecule is CCCCCCCCCC(=O)c1c(-c2nnnc(Cl)c2Cl)c(O)cc2c1C1(OC(=O)c3ccccc31)c1ccc(O)cc1O2. The quantitative estimate of drug-likeness (QED) is 0.101. The lowest BCUT2D eigenvalue weighted by Crippen LogP contribution is -2.35. The summed E-state index contributed by atoms with van der Waals surface area (Å²) in [5.41, 5.74) is -0.323. The minimum atomic E-state index is -1.66. The average molecular weight is 635 g/mol. The van der Waals surface area contributed by atoms with Gasteiger partial charge in [-0.3, -0.25) is 4.79 Å². The number of fused-ring (bicyclic) bond motifs is 6. The number of aromatic hydroxyl groups is 2. The number of phenolic OH excluding ortho intramolecular Hbond substituents is 2. The minimum Gasteiger partial charge on any atom is -0.508 e. The average Bonchev–Trinajstić information content (AvgIpc) is 3.29. The molecular weight excluding hydrogens is 605 g/mol. The normalized spacial score (nSPS) is 16.2. The highest BCUT2D eigenvalue weighted by atomic mass is 35.5. The Bertz CT molecular complexity index is 1800. The van der Waals surface area contributed by atoms with Crippen LogP contribution in [0.25, 0.3) is 11.3 Å². The van der Waals surface area contributed by atoms with E-state index in [9.17, 15) is 19.8 Å². The van der Waals surface area contributed by atoms with E-state index in [-0.39, 0.29) is 67.8 Å². The van der Waals surface area contributed by atoms with Crippen molar-refractivity contribution in [2.75, 3.05) is 0 Å². The summed E-state index contributed by atoms with van der Waals surface area (Å²) in [6.07, 6.45) is 7.12. The van der Waals surface area contributed by atoms with Gasteiger partial charge in [0.1, 0.15) is 33.7 Å². The van der Waals surface area contributed by atoms with Gasteiger partial charge in [0, 0.05) is 35.2 Å². The van der Waals surface area contributed by atoms with Crippen molar-refractivity contribution >= 4 is 35.0 Å². The third-order valence-electron chi connectivity index (χ3n) is 8.15. The highest BCUT2D eigenvalue weighted by Gasteiger charge is 2.56. The second-order valence-electron chi connectivity index (χ2n) is 11.0. The molecule has 0 fully saturated rings. The zero-order chi connectivity index (χ0) is 31.0. The second kappa shape index (κ2) is 12.1. The summed E-state index contributed by atoms with van der Waals surface area (Å²) in [6.45, 7) is 2.16. The van der Waals surface area contributed by atoms with Crippen LogP contribution in [0, 0.1) is 0 Å². The number of esters is 1. The molecule has 2 aliphatic heterocycles. The van der Waals surface area contributed by atoms with Crippen molar-refractivity contribution in [2.24, 2.45) is 0 Å². The molecule has 2 N–H and O–H groups in total. The molecule has 3 aromatic carbocycles. The second-order valence-corrected chi connectivity index (χ2v) is 11.7. The topological polar surface area (TPSA) is 132 Å². The first kappa shape index (κ1) is 29.8. The van der Waals surface area contributed by atoms with Crippen LogP contribution < -0.4 is 4.74 Å². The molecule has 1 aromatic heterocycles. The predicted octanol–water partition coefficient (Wildman–Crippen LogP) is 8.15. The number of ketones is 1. The Hall–Kier alpha value is -4.21. The number of halogens is 2. The zero-order valence-electron chi connectivity index (χ0n) is 23.9. The fourth-order valence-corrected chi connectivity index (χ4v) is 6.45. The van der Waals surface area contributed by atoms with Crippen molar-refractivity contribution in [3.8, 4) is 34.3 Å². The van der Waals surface area contributed by atoms with Crippen LogP contribution in [0.1, 0.15) is 95.7 Å². The van der Waals surface area contributed by atoms with Crippen LogP contribution in [0.5, 0.6) is 23.0 Å². The van der Waals surface area contributed by atoms with Gasteiger partial charge >= 0.3 is 5.97 Å². The van der Waals surface area contributed by atoms with Crippen LogP contribution in [-0.4, -0.2) is 37.4 Å². The van der Waals surface area contributed by atoms with E-state index in [2.05, 4.69) is 22.3 Å². The Labute approximate surface area is 263 Å². The standard InChI is InChI=1S/C33H29Cl2N3O6/c1-2-3-4-5-6-7-8-13-22(40)26-27(30-29(34)31(35)37-38-36-30)23(41)17-25-28(26)33(21-15-14-18(39)16-24(21)43-25)20-12-10-9-11-19(20)32(42)44-33/h9-12,14-17,39,41H,2-8,13H2,1H3. The van der Waals surface area contributed by atoms with Crippen LogP contribution in [0.3, 0.4) is 0 Å². The van der Waals surface area contributed by atoms with Crippen LogP contribution in [0.4, 0.5) is 0 Å². The zero-order valence-corrected chi connectivity index (χ0v) is 25.4. The van der Waals surface area contributed by atoms with E-state index in [1.54, 1.807) is 30.3 Å². The lowest BCUT2D eigenvalue weighted by atomic mass is 9.73. The van der Waals surface area contributed by atoms with Gasteiger partial charge in [-0.1, -0.05) is 86.8 Å². The van der Waals surface area contributed by atoms with Crippen LogP contribution in [-0.2, 0) is 10.3 Å². The van der Waals surface area contributed by atoms with Crippen molar-refractivity contribution in [2.45, 2.75) is 63.9 Å². The summed E-state index contributed by atoms with van der Waals surface area (Å²) in [7, 11) is 0. The number of phenols is 2. The van der Waals surface area contributed by atoms with Gasteiger partial charge in [-0.25, -0.2) is 4.79 Å². The summed E-state index contributed by atoms with van der Waals surface area (Å²) in [4.78, 5) is 27.8. The van der Waals surface area contributed by atoms with Gasteiger partial charge in [-0.15, -0.1) is 10.2 Å². The molecule has 1 unspecified atom stereocenters. The van der Waals surface area contributed by atoms with Crippen LogP contribution >= 0.6 is 23.2 Å². The van der Waals surface area contributed by atoms with Crippen molar-refractivity contribution in [3.05, 3.63) is 86.5 Å². The molecule has 9 nitrogen and oxygen atoms in total. The Kier molecular flexibility index (Phi) is 8.18. The molecule has 2 aliphatic rings. The summed E-state index contributed by atoms with van der Waals surface area (Å²) < 4.78 is 12.5. The van der Waals surface area contributed by atoms with Gasteiger partial charge in [0.25, 0.3) is 0 Å². The first-order chi connectivity index (χ1) is 21.3. The van der Waals surface area contributed by atoms with Gasteiger partial charge in [0.05, 0.1) is 16.7 Å². The smallest absolute Gasteiger partial charge is 0.340 e. The molecule has 0 radical (unpaired) electrons. The molecule has 6 rings (SSSR count). The van der Waals surface area contributed by atoms with Crippen molar-refractivity contribution in [1.82, 2.24) is 15.4 Å². The number of carbonyl (C=O) groups excluding carboxylic acids is 2. The Balaban J connectivity index is 1.59. The van der Waals surface area contributed by atoms with Crippen LogP contribution in [0.15, 0.2) is 48.5 Å². The minimum absolute atomic E-state index is 0.0210. The van der Waals surface area contributed by atoms with Gasteiger partial charge in [-0.05, 0) is 29.8 Å². The summed E-state index contributed by atoms with van der Waals surface area (Å²) in [6, 6.07) is 12.6. The first-order valence-electron chi connectivity index (χ1n) is 14.6. The van der Waals surface area contributed by atoms with E-state index in [0.29, 0.717) is 23.1 Å². The molecule has 1 spiro atoms. The van der Waals surface area contributed by atoms with Crippen molar-refractivity contribution in [3.63, 3.8) is 0 Å². The Morgan fingerprint density at radius 3 is 2.45 bits per heavy atom. The van der Waals surface area contributed by atoms with Crippen molar-refractivity contribution in [1.29, 1.82) is 0 Å². The molecule has 0 amide bonds. The lowest BCUT2D eigenvalue weighted by Gasteiger charge is -2.38. The van der Waals surface area contributed by atoms with E-state index in [1.807, 2.05) is 0 Å². The first-order valence-corrected chi connectivity index (χ1v) is 15.4. The largest absolute Gasteiger partial charge is 0.508 e. The number of nitrogens with zero attached hydrogens (tertiary/aromatic N) is 3. The van der Waals surface area contributed by atoms with E-state index < -0.39 is 11.6 Å². The predicted molar refractivity (Wildman–Crippen MR) is 164 cm³/mol.